The lowest BCUT2D eigenvalue weighted by molar-refractivity contribution is 0.213. The van der Waals surface area contributed by atoms with E-state index in [4.69, 9.17) is 10.5 Å². The minimum Gasteiger partial charge on any atom is -0.484 e. The Labute approximate surface area is 135 Å². The van der Waals surface area contributed by atoms with E-state index in [1.807, 2.05) is 36.4 Å². The van der Waals surface area contributed by atoms with Gasteiger partial charge in [-0.25, -0.2) is 0 Å². The zero-order valence-electron chi connectivity index (χ0n) is 12.6. The Morgan fingerprint density at radius 1 is 1.10 bits per heavy atom. The predicted octanol–water partition coefficient (Wildman–Crippen LogP) is 5.04. The normalized spacial score (nSPS) is 13.7. The van der Waals surface area contributed by atoms with Crippen LogP contribution in [0, 0.1) is 0 Å². The van der Waals surface area contributed by atoms with Gasteiger partial charge in [0.2, 0.25) is 0 Å². The van der Waals surface area contributed by atoms with Crippen LogP contribution in [0.5, 0.6) is 5.75 Å². The fraction of sp³-hybridized carbons (Fsp3) is 0.333. The predicted molar refractivity (Wildman–Crippen MR) is 91.7 cm³/mol. The SMILES string of the molecule is CCC(C)c1ccc(OC(CN)c2ccccc2Br)cc1. The summed E-state index contributed by atoms with van der Waals surface area (Å²) in [6, 6.07) is 16.4. The van der Waals surface area contributed by atoms with Crippen molar-refractivity contribution >= 4 is 15.9 Å². The minimum absolute atomic E-state index is 0.143. The van der Waals surface area contributed by atoms with Gasteiger partial charge in [-0.2, -0.15) is 0 Å². The molecule has 0 saturated heterocycles. The van der Waals surface area contributed by atoms with Gasteiger partial charge >= 0.3 is 0 Å². The Kier molecular flexibility index (Phi) is 5.83. The van der Waals surface area contributed by atoms with E-state index in [9.17, 15) is 0 Å². The van der Waals surface area contributed by atoms with Crippen LogP contribution >= 0.6 is 15.9 Å². The van der Waals surface area contributed by atoms with Crippen molar-refractivity contribution in [2.75, 3.05) is 6.54 Å². The number of hydrogen-bond donors (Lipinski definition) is 1. The molecule has 2 unspecified atom stereocenters. The smallest absolute Gasteiger partial charge is 0.137 e. The number of nitrogens with two attached hydrogens (primary N) is 1. The largest absolute Gasteiger partial charge is 0.484 e. The standard InChI is InChI=1S/C18H22BrNO/c1-3-13(2)14-8-10-15(11-9-14)21-18(12-20)16-6-4-5-7-17(16)19/h4-11,13,18H,3,12,20H2,1-2H3. The molecule has 0 aliphatic rings. The van der Waals surface area contributed by atoms with E-state index in [1.165, 1.54) is 5.56 Å². The Bertz CT molecular complexity index is 568. The van der Waals surface area contributed by atoms with Gasteiger partial charge < -0.3 is 10.5 Å². The maximum absolute atomic E-state index is 6.04. The van der Waals surface area contributed by atoms with Crippen LogP contribution < -0.4 is 10.5 Å². The van der Waals surface area contributed by atoms with E-state index < -0.39 is 0 Å². The van der Waals surface area contributed by atoms with Crippen molar-refractivity contribution in [3.8, 4) is 5.75 Å². The molecule has 0 heterocycles. The molecule has 0 spiro atoms. The number of rotatable bonds is 6. The molecule has 0 amide bonds. The number of benzene rings is 2. The van der Waals surface area contributed by atoms with E-state index in [0.717, 1.165) is 22.2 Å². The van der Waals surface area contributed by atoms with Crippen molar-refractivity contribution in [1.29, 1.82) is 0 Å². The number of halogens is 1. The summed E-state index contributed by atoms with van der Waals surface area (Å²) < 4.78 is 7.07. The van der Waals surface area contributed by atoms with Crippen LogP contribution in [-0.4, -0.2) is 6.54 Å². The summed E-state index contributed by atoms with van der Waals surface area (Å²) in [4.78, 5) is 0. The average Bonchev–Trinajstić information content (AvgIpc) is 2.53. The first-order valence-corrected chi connectivity index (χ1v) is 8.16. The van der Waals surface area contributed by atoms with Gasteiger partial charge in [0, 0.05) is 16.6 Å². The molecule has 2 aromatic carbocycles. The number of ether oxygens (including phenoxy) is 1. The first-order chi connectivity index (χ1) is 10.2. The topological polar surface area (TPSA) is 35.2 Å². The highest BCUT2D eigenvalue weighted by Crippen LogP contribution is 2.28. The van der Waals surface area contributed by atoms with Gasteiger partial charge in [-0.05, 0) is 36.1 Å². The molecule has 2 rings (SSSR count). The molecule has 0 radical (unpaired) electrons. The molecule has 0 aliphatic heterocycles. The van der Waals surface area contributed by atoms with E-state index in [0.29, 0.717) is 12.5 Å². The fourth-order valence-electron chi connectivity index (χ4n) is 2.25. The Morgan fingerprint density at radius 2 is 1.76 bits per heavy atom. The third kappa shape index (κ3) is 4.08. The zero-order valence-corrected chi connectivity index (χ0v) is 14.1. The molecule has 3 heteroatoms. The summed E-state index contributed by atoms with van der Waals surface area (Å²) in [5.41, 5.74) is 8.29. The molecular formula is C18H22BrNO. The van der Waals surface area contributed by atoms with Gasteiger partial charge in [-0.1, -0.05) is 60.1 Å². The number of hydrogen-bond acceptors (Lipinski definition) is 2. The summed E-state index contributed by atoms with van der Waals surface area (Å²) >= 11 is 3.56. The second kappa shape index (κ2) is 7.62. The summed E-state index contributed by atoms with van der Waals surface area (Å²) in [5, 5.41) is 0. The van der Waals surface area contributed by atoms with Crippen molar-refractivity contribution in [1.82, 2.24) is 0 Å². The van der Waals surface area contributed by atoms with Crippen LogP contribution in [0.2, 0.25) is 0 Å². The Balaban J connectivity index is 2.14. The third-order valence-corrected chi connectivity index (χ3v) is 4.53. The van der Waals surface area contributed by atoms with Gasteiger partial charge in [0.05, 0.1) is 0 Å². The maximum Gasteiger partial charge on any atom is 0.137 e. The molecule has 0 aliphatic carbocycles. The molecule has 0 fully saturated rings. The lowest BCUT2D eigenvalue weighted by Gasteiger charge is -2.19. The van der Waals surface area contributed by atoms with Crippen molar-refractivity contribution in [2.24, 2.45) is 5.73 Å². The van der Waals surface area contributed by atoms with Gasteiger partial charge in [0.25, 0.3) is 0 Å². The molecule has 2 atom stereocenters. The second-order valence-corrected chi connectivity index (χ2v) is 6.10. The van der Waals surface area contributed by atoms with E-state index in [1.54, 1.807) is 0 Å². The monoisotopic (exact) mass is 347 g/mol. The van der Waals surface area contributed by atoms with Crippen molar-refractivity contribution in [3.05, 3.63) is 64.1 Å². The Morgan fingerprint density at radius 3 is 2.33 bits per heavy atom. The highest BCUT2D eigenvalue weighted by Gasteiger charge is 2.14. The van der Waals surface area contributed by atoms with E-state index >= 15 is 0 Å². The van der Waals surface area contributed by atoms with Gasteiger partial charge in [-0.3, -0.25) is 0 Å². The van der Waals surface area contributed by atoms with Crippen molar-refractivity contribution in [3.63, 3.8) is 0 Å². The first-order valence-electron chi connectivity index (χ1n) is 7.36. The van der Waals surface area contributed by atoms with Crippen LogP contribution in [0.4, 0.5) is 0 Å². The molecule has 0 aromatic heterocycles. The lowest BCUT2D eigenvalue weighted by atomic mass is 9.99. The average molecular weight is 348 g/mol. The summed E-state index contributed by atoms with van der Waals surface area (Å²) in [5.74, 6) is 1.43. The molecule has 21 heavy (non-hydrogen) atoms. The van der Waals surface area contributed by atoms with Crippen LogP contribution in [0.1, 0.15) is 43.4 Å². The highest BCUT2D eigenvalue weighted by atomic mass is 79.9. The molecule has 2 N–H and O–H groups in total. The molecule has 2 nitrogen and oxygen atoms in total. The molecule has 112 valence electrons. The lowest BCUT2D eigenvalue weighted by Crippen LogP contribution is -2.18. The third-order valence-electron chi connectivity index (χ3n) is 3.81. The quantitative estimate of drug-likeness (QED) is 0.794. The summed E-state index contributed by atoms with van der Waals surface area (Å²) in [7, 11) is 0. The van der Waals surface area contributed by atoms with Crippen LogP contribution in [0.25, 0.3) is 0 Å². The Hall–Kier alpha value is -1.32. The van der Waals surface area contributed by atoms with Gasteiger partial charge in [0.15, 0.2) is 0 Å². The first kappa shape index (κ1) is 16.1. The van der Waals surface area contributed by atoms with E-state index in [-0.39, 0.29) is 6.10 Å². The van der Waals surface area contributed by atoms with Gasteiger partial charge in [-0.15, -0.1) is 0 Å². The molecule has 0 saturated carbocycles. The highest BCUT2D eigenvalue weighted by molar-refractivity contribution is 9.10. The van der Waals surface area contributed by atoms with Crippen LogP contribution in [0.15, 0.2) is 53.0 Å². The van der Waals surface area contributed by atoms with Crippen molar-refractivity contribution < 1.29 is 4.74 Å². The minimum atomic E-state index is -0.143. The zero-order chi connectivity index (χ0) is 15.2. The molecule has 0 bridgehead atoms. The fourth-order valence-corrected chi connectivity index (χ4v) is 2.79. The van der Waals surface area contributed by atoms with Gasteiger partial charge in [0.1, 0.15) is 11.9 Å². The summed E-state index contributed by atoms with van der Waals surface area (Å²) in [6.07, 6.45) is 0.998. The molecular weight excluding hydrogens is 326 g/mol. The molecule has 2 aromatic rings. The maximum atomic E-state index is 6.04. The second-order valence-electron chi connectivity index (χ2n) is 5.24. The van der Waals surface area contributed by atoms with Crippen LogP contribution in [0.3, 0.4) is 0 Å². The van der Waals surface area contributed by atoms with Crippen molar-refractivity contribution in [2.45, 2.75) is 32.3 Å². The summed E-state index contributed by atoms with van der Waals surface area (Å²) in [6.45, 7) is 4.88. The van der Waals surface area contributed by atoms with E-state index in [2.05, 4.69) is 41.9 Å². The van der Waals surface area contributed by atoms with Crippen LogP contribution in [-0.2, 0) is 0 Å².